The highest BCUT2D eigenvalue weighted by molar-refractivity contribution is 7.87. The van der Waals surface area contributed by atoms with Crippen LogP contribution in [0.4, 0.5) is 0 Å². The topological polar surface area (TPSA) is 81.2 Å². The van der Waals surface area contributed by atoms with Gasteiger partial charge in [-0.15, -0.1) is 0 Å². The van der Waals surface area contributed by atoms with Crippen molar-refractivity contribution in [3.8, 4) is 0 Å². The van der Waals surface area contributed by atoms with Gasteiger partial charge in [0.2, 0.25) is 0 Å². The molecule has 0 unspecified atom stereocenters. The average molecular weight is 265 g/mol. The van der Waals surface area contributed by atoms with Crippen molar-refractivity contribution in [1.29, 1.82) is 0 Å². The summed E-state index contributed by atoms with van der Waals surface area (Å²) in [5, 5.41) is 8.61. The summed E-state index contributed by atoms with van der Waals surface area (Å²) in [6.07, 6.45) is 0.743. The monoisotopic (exact) mass is 265 g/mol. The van der Waals surface area contributed by atoms with E-state index in [0.717, 1.165) is 17.3 Å². The fourth-order valence-electron chi connectivity index (χ4n) is 1.72. The maximum absolute atomic E-state index is 11.9. The molecule has 1 fully saturated rings. The van der Waals surface area contributed by atoms with E-state index in [2.05, 4.69) is 0 Å². The molecule has 1 aliphatic rings. The van der Waals surface area contributed by atoms with E-state index in [1.807, 2.05) is 19.0 Å². The summed E-state index contributed by atoms with van der Waals surface area (Å²) >= 11 is 0. The number of rotatable bonds is 6. The Morgan fingerprint density at radius 3 is 2.41 bits per heavy atom. The molecule has 0 amide bonds. The van der Waals surface area contributed by atoms with Crippen LogP contribution in [0.25, 0.3) is 0 Å². The molecule has 1 saturated heterocycles. The molecular formula is C9H19N3O4S. The Hall–Kier alpha value is -0.700. The lowest BCUT2D eigenvalue weighted by Gasteiger charge is -2.18. The van der Waals surface area contributed by atoms with Crippen molar-refractivity contribution in [2.24, 2.45) is 0 Å². The molecule has 1 N–H and O–H groups in total. The molecule has 0 saturated carbocycles. The first kappa shape index (κ1) is 14.4. The van der Waals surface area contributed by atoms with Crippen LogP contribution >= 0.6 is 0 Å². The highest BCUT2D eigenvalue weighted by atomic mass is 32.2. The van der Waals surface area contributed by atoms with Gasteiger partial charge >= 0.3 is 5.97 Å². The molecule has 0 spiro atoms. The molecule has 0 bridgehead atoms. The standard InChI is InChI=1S/C9H19N3O4S/c1-10(2)4-3-5-11-6-7-12(8-9(13)14)17(11,15)16/h3-8H2,1-2H3,(H,13,14). The third-order valence-corrected chi connectivity index (χ3v) is 4.56. The molecule has 0 aromatic heterocycles. The van der Waals surface area contributed by atoms with Crippen LogP contribution < -0.4 is 0 Å². The van der Waals surface area contributed by atoms with Gasteiger partial charge in [-0.2, -0.15) is 17.0 Å². The van der Waals surface area contributed by atoms with E-state index in [1.165, 1.54) is 4.31 Å². The fraction of sp³-hybridized carbons (Fsp3) is 0.889. The molecule has 0 atom stereocenters. The van der Waals surface area contributed by atoms with E-state index < -0.39 is 22.7 Å². The smallest absolute Gasteiger partial charge is 0.318 e. The van der Waals surface area contributed by atoms with Gasteiger partial charge in [-0.05, 0) is 27.1 Å². The molecule has 0 aromatic rings. The lowest BCUT2D eigenvalue weighted by atomic mass is 10.4. The summed E-state index contributed by atoms with van der Waals surface area (Å²) in [6, 6.07) is 0. The third kappa shape index (κ3) is 3.91. The molecule has 7 nitrogen and oxygen atoms in total. The predicted molar refractivity (Wildman–Crippen MR) is 62.9 cm³/mol. The second-order valence-corrected chi connectivity index (χ2v) is 6.22. The largest absolute Gasteiger partial charge is 0.480 e. The van der Waals surface area contributed by atoms with Crippen molar-refractivity contribution in [3.63, 3.8) is 0 Å². The van der Waals surface area contributed by atoms with Crippen LogP contribution in [0.2, 0.25) is 0 Å². The Morgan fingerprint density at radius 1 is 1.29 bits per heavy atom. The summed E-state index contributed by atoms with van der Waals surface area (Å²) in [6.45, 7) is 1.44. The lowest BCUT2D eigenvalue weighted by molar-refractivity contribution is -0.137. The van der Waals surface area contributed by atoms with Gasteiger partial charge in [-0.3, -0.25) is 4.79 Å². The van der Waals surface area contributed by atoms with Gasteiger partial charge in [-0.25, -0.2) is 0 Å². The number of carbonyl (C=O) groups is 1. The Morgan fingerprint density at radius 2 is 1.88 bits per heavy atom. The van der Waals surface area contributed by atoms with Gasteiger partial charge in [0.1, 0.15) is 6.54 Å². The van der Waals surface area contributed by atoms with Crippen LogP contribution in [0.3, 0.4) is 0 Å². The Labute approximate surface area is 102 Å². The number of aliphatic carboxylic acids is 1. The van der Waals surface area contributed by atoms with E-state index >= 15 is 0 Å². The zero-order valence-electron chi connectivity index (χ0n) is 10.2. The zero-order chi connectivity index (χ0) is 13.1. The molecule has 0 aliphatic carbocycles. The van der Waals surface area contributed by atoms with Gasteiger partial charge in [-0.1, -0.05) is 0 Å². The molecule has 0 radical (unpaired) electrons. The summed E-state index contributed by atoms with van der Waals surface area (Å²) in [5.41, 5.74) is 0. The van der Waals surface area contributed by atoms with E-state index in [-0.39, 0.29) is 6.54 Å². The van der Waals surface area contributed by atoms with Crippen LogP contribution in [0, 0.1) is 0 Å². The first-order valence-electron chi connectivity index (χ1n) is 5.46. The summed E-state index contributed by atoms with van der Waals surface area (Å²) < 4.78 is 26.1. The van der Waals surface area contributed by atoms with Gasteiger partial charge in [0, 0.05) is 19.6 Å². The molecule has 1 rings (SSSR count). The van der Waals surface area contributed by atoms with Crippen molar-refractivity contribution in [1.82, 2.24) is 13.5 Å². The first-order valence-corrected chi connectivity index (χ1v) is 6.85. The van der Waals surface area contributed by atoms with Gasteiger partial charge < -0.3 is 10.0 Å². The minimum absolute atomic E-state index is 0.261. The average Bonchev–Trinajstić information content (AvgIpc) is 2.43. The Balaban J connectivity index is 2.51. The fourth-order valence-corrected chi connectivity index (χ4v) is 3.30. The molecule has 0 aromatic carbocycles. The maximum atomic E-state index is 11.9. The molecule has 1 aliphatic heterocycles. The third-order valence-electron chi connectivity index (χ3n) is 2.58. The summed E-state index contributed by atoms with van der Waals surface area (Å²) in [4.78, 5) is 12.5. The minimum atomic E-state index is -3.55. The highest BCUT2D eigenvalue weighted by Gasteiger charge is 2.36. The SMILES string of the molecule is CN(C)CCCN1CCN(CC(=O)O)S1(=O)=O. The van der Waals surface area contributed by atoms with Crippen LogP contribution in [0.1, 0.15) is 6.42 Å². The lowest BCUT2D eigenvalue weighted by Crippen LogP contribution is -2.37. The number of carboxylic acid groups (broad SMARTS) is 1. The van der Waals surface area contributed by atoms with E-state index in [9.17, 15) is 13.2 Å². The van der Waals surface area contributed by atoms with Crippen molar-refractivity contribution in [2.45, 2.75) is 6.42 Å². The van der Waals surface area contributed by atoms with Crippen LogP contribution in [-0.2, 0) is 15.0 Å². The van der Waals surface area contributed by atoms with Crippen molar-refractivity contribution in [3.05, 3.63) is 0 Å². The Kier molecular flexibility index (Phi) is 4.87. The molecule has 100 valence electrons. The second-order valence-electron chi connectivity index (χ2n) is 4.29. The normalized spacial score (nSPS) is 21.1. The summed E-state index contributed by atoms with van der Waals surface area (Å²) in [5.74, 6) is -1.12. The maximum Gasteiger partial charge on any atom is 0.318 e. The zero-order valence-corrected chi connectivity index (χ0v) is 11.0. The molecular weight excluding hydrogens is 246 g/mol. The van der Waals surface area contributed by atoms with Crippen molar-refractivity contribution >= 4 is 16.2 Å². The van der Waals surface area contributed by atoms with E-state index in [1.54, 1.807) is 0 Å². The van der Waals surface area contributed by atoms with Crippen LogP contribution in [0.15, 0.2) is 0 Å². The van der Waals surface area contributed by atoms with Crippen molar-refractivity contribution in [2.75, 3.05) is 46.8 Å². The van der Waals surface area contributed by atoms with Crippen LogP contribution in [0.5, 0.6) is 0 Å². The molecule has 8 heteroatoms. The van der Waals surface area contributed by atoms with Crippen LogP contribution in [-0.4, -0.2) is 79.8 Å². The van der Waals surface area contributed by atoms with Gasteiger partial charge in [0.05, 0.1) is 0 Å². The van der Waals surface area contributed by atoms with Gasteiger partial charge in [0.25, 0.3) is 10.2 Å². The Bertz CT molecular complexity index is 368. The number of hydrogen-bond donors (Lipinski definition) is 1. The summed E-state index contributed by atoms with van der Waals surface area (Å²) in [7, 11) is 0.298. The number of hydrogen-bond acceptors (Lipinski definition) is 4. The second kappa shape index (κ2) is 5.76. The van der Waals surface area contributed by atoms with E-state index in [0.29, 0.717) is 13.1 Å². The van der Waals surface area contributed by atoms with Crippen molar-refractivity contribution < 1.29 is 18.3 Å². The quantitative estimate of drug-likeness (QED) is 0.658. The number of carboxylic acids is 1. The predicted octanol–water partition coefficient (Wildman–Crippen LogP) is -1.11. The highest BCUT2D eigenvalue weighted by Crippen LogP contribution is 2.16. The molecule has 17 heavy (non-hydrogen) atoms. The minimum Gasteiger partial charge on any atom is -0.480 e. The molecule has 1 heterocycles. The number of nitrogens with zero attached hydrogens (tertiary/aromatic N) is 3. The van der Waals surface area contributed by atoms with Gasteiger partial charge in [0.15, 0.2) is 0 Å². The first-order chi connectivity index (χ1) is 7.84. The van der Waals surface area contributed by atoms with E-state index in [4.69, 9.17) is 5.11 Å².